The lowest BCUT2D eigenvalue weighted by molar-refractivity contribution is 0.467. The Bertz CT molecular complexity index is 540. The summed E-state index contributed by atoms with van der Waals surface area (Å²) in [5, 5.41) is 0. The van der Waals surface area contributed by atoms with Crippen molar-refractivity contribution in [3.8, 4) is 0 Å². The van der Waals surface area contributed by atoms with Gasteiger partial charge in [-0.3, -0.25) is 0 Å². The molecular weight excluding hydrogens is 276 g/mol. The molecule has 0 aliphatic rings. The minimum absolute atomic E-state index is 0.0924. The Kier molecular flexibility index (Phi) is 3.32. The largest absolute Gasteiger partial charge is 0.330 e. The molecule has 2 rings (SSSR count). The first-order valence-electron chi connectivity index (χ1n) is 5.94. The van der Waals surface area contributed by atoms with E-state index in [1.165, 1.54) is 21.2 Å². The Morgan fingerprint density at radius 2 is 2.06 bits per heavy atom. The number of fused-ring (bicyclic) bond motifs is 1. The second kappa shape index (κ2) is 4.46. The molecule has 2 aromatic rings. The van der Waals surface area contributed by atoms with Crippen LogP contribution in [-0.4, -0.2) is 10.9 Å². The Morgan fingerprint density at radius 3 is 2.71 bits per heavy atom. The summed E-state index contributed by atoms with van der Waals surface area (Å²) in [6, 6.07) is 6.28. The van der Waals surface area contributed by atoms with Gasteiger partial charge in [0.05, 0.1) is 5.52 Å². The molecular formula is C14H19BrN2. The zero-order chi connectivity index (χ0) is 12.6. The fraction of sp³-hybridized carbons (Fsp3) is 0.429. The van der Waals surface area contributed by atoms with Crippen LogP contribution in [0.5, 0.6) is 0 Å². The van der Waals surface area contributed by atoms with Crippen LogP contribution >= 0.6 is 15.9 Å². The van der Waals surface area contributed by atoms with Gasteiger partial charge in [-0.2, -0.15) is 0 Å². The van der Waals surface area contributed by atoms with Crippen LogP contribution < -0.4 is 5.73 Å². The van der Waals surface area contributed by atoms with Crippen molar-refractivity contribution in [2.45, 2.75) is 32.6 Å². The smallest absolute Gasteiger partial charge is 0.0598 e. The van der Waals surface area contributed by atoms with Crippen LogP contribution in [0.15, 0.2) is 28.9 Å². The van der Waals surface area contributed by atoms with Gasteiger partial charge < -0.3 is 10.1 Å². The van der Waals surface area contributed by atoms with Gasteiger partial charge in [0, 0.05) is 21.8 Å². The molecule has 0 radical (unpaired) electrons. The van der Waals surface area contributed by atoms with Crippen molar-refractivity contribution in [3.05, 3.63) is 40.1 Å². The van der Waals surface area contributed by atoms with Crippen LogP contribution in [0.25, 0.3) is 5.52 Å². The highest BCUT2D eigenvalue weighted by molar-refractivity contribution is 9.10. The number of pyridine rings is 1. The molecule has 2 aromatic heterocycles. The molecule has 0 bridgehead atoms. The molecule has 0 atom stereocenters. The lowest BCUT2D eigenvalue weighted by Crippen LogP contribution is -2.24. The number of aromatic nitrogens is 1. The molecule has 0 saturated carbocycles. The van der Waals surface area contributed by atoms with Crippen LogP contribution in [0, 0.1) is 6.92 Å². The van der Waals surface area contributed by atoms with Gasteiger partial charge in [0.1, 0.15) is 0 Å². The molecule has 92 valence electrons. The minimum Gasteiger partial charge on any atom is -0.330 e. The van der Waals surface area contributed by atoms with Gasteiger partial charge in [-0.1, -0.05) is 19.9 Å². The number of hydrogen-bond acceptors (Lipinski definition) is 1. The highest BCUT2D eigenvalue weighted by atomic mass is 79.9. The van der Waals surface area contributed by atoms with E-state index in [4.69, 9.17) is 5.73 Å². The molecule has 0 saturated heterocycles. The standard InChI is InChI=1S/C14H19BrN2/c1-10-12(15)11-6-4-5-9-17(11)13(10)14(2,3)7-8-16/h4-6,9H,7-8,16H2,1-3H3. The summed E-state index contributed by atoms with van der Waals surface area (Å²) in [7, 11) is 0. The highest BCUT2D eigenvalue weighted by Gasteiger charge is 2.27. The molecule has 0 spiro atoms. The third-order valence-corrected chi connectivity index (χ3v) is 4.42. The molecule has 0 unspecified atom stereocenters. The van der Waals surface area contributed by atoms with Crippen molar-refractivity contribution in [1.82, 2.24) is 4.40 Å². The van der Waals surface area contributed by atoms with Crippen molar-refractivity contribution in [1.29, 1.82) is 0 Å². The zero-order valence-electron chi connectivity index (χ0n) is 10.6. The molecule has 0 aliphatic heterocycles. The first kappa shape index (κ1) is 12.7. The monoisotopic (exact) mass is 294 g/mol. The summed E-state index contributed by atoms with van der Waals surface area (Å²) >= 11 is 3.69. The van der Waals surface area contributed by atoms with Crippen LogP contribution in [0.1, 0.15) is 31.5 Å². The second-order valence-corrected chi connectivity index (χ2v) is 5.96. The molecule has 0 aromatic carbocycles. The fourth-order valence-electron chi connectivity index (χ4n) is 2.61. The van der Waals surface area contributed by atoms with Crippen molar-refractivity contribution >= 4 is 21.4 Å². The van der Waals surface area contributed by atoms with Crippen molar-refractivity contribution in [2.24, 2.45) is 5.73 Å². The molecule has 2 nitrogen and oxygen atoms in total. The third kappa shape index (κ3) is 2.02. The van der Waals surface area contributed by atoms with Gasteiger partial charge in [0.2, 0.25) is 0 Å². The summed E-state index contributed by atoms with van der Waals surface area (Å²) in [5.41, 5.74) is 9.72. The first-order valence-corrected chi connectivity index (χ1v) is 6.74. The Hall–Kier alpha value is -0.800. The van der Waals surface area contributed by atoms with E-state index in [1.807, 2.05) is 0 Å². The maximum absolute atomic E-state index is 5.73. The Balaban J connectivity index is 2.73. The summed E-state index contributed by atoms with van der Waals surface area (Å²) in [6.07, 6.45) is 3.11. The van der Waals surface area contributed by atoms with Crippen LogP contribution in [0.4, 0.5) is 0 Å². The van der Waals surface area contributed by atoms with E-state index in [1.54, 1.807) is 0 Å². The van der Waals surface area contributed by atoms with Gasteiger partial charge in [0.25, 0.3) is 0 Å². The topological polar surface area (TPSA) is 30.4 Å². The summed E-state index contributed by atoms with van der Waals surface area (Å²) < 4.78 is 3.47. The summed E-state index contributed by atoms with van der Waals surface area (Å²) in [5.74, 6) is 0. The molecule has 0 amide bonds. The number of nitrogens with two attached hydrogens (primary N) is 1. The average molecular weight is 295 g/mol. The van der Waals surface area contributed by atoms with Crippen molar-refractivity contribution in [2.75, 3.05) is 6.54 Å². The molecule has 3 heteroatoms. The number of hydrogen-bond donors (Lipinski definition) is 1. The molecule has 0 fully saturated rings. The van der Waals surface area contributed by atoms with E-state index in [2.05, 4.69) is 65.5 Å². The van der Waals surface area contributed by atoms with E-state index in [-0.39, 0.29) is 5.41 Å². The zero-order valence-corrected chi connectivity index (χ0v) is 12.2. The van der Waals surface area contributed by atoms with Gasteiger partial charge in [-0.05, 0) is 53.5 Å². The van der Waals surface area contributed by atoms with Gasteiger partial charge in [-0.15, -0.1) is 0 Å². The Labute approximate surface area is 111 Å². The summed E-state index contributed by atoms with van der Waals surface area (Å²) in [6.45, 7) is 7.40. The fourth-order valence-corrected chi connectivity index (χ4v) is 3.12. The Morgan fingerprint density at radius 1 is 1.35 bits per heavy atom. The number of rotatable bonds is 3. The molecule has 17 heavy (non-hydrogen) atoms. The maximum atomic E-state index is 5.73. The molecule has 2 N–H and O–H groups in total. The van der Waals surface area contributed by atoms with E-state index >= 15 is 0 Å². The van der Waals surface area contributed by atoms with E-state index in [0.717, 1.165) is 6.42 Å². The van der Waals surface area contributed by atoms with Crippen molar-refractivity contribution in [3.63, 3.8) is 0 Å². The van der Waals surface area contributed by atoms with E-state index in [0.29, 0.717) is 6.54 Å². The normalized spacial score (nSPS) is 12.3. The number of nitrogens with zero attached hydrogens (tertiary/aromatic N) is 1. The van der Waals surface area contributed by atoms with Crippen LogP contribution in [-0.2, 0) is 5.41 Å². The van der Waals surface area contributed by atoms with E-state index < -0.39 is 0 Å². The van der Waals surface area contributed by atoms with Crippen molar-refractivity contribution < 1.29 is 0 Å². The minimum atomic E-state index is 0.0924. The molecule has 0 aliphatic carbocycles. The van der Waals surface area contributed by atoms with Crippen LogP contribution in [0.3, 0.4) is 0 Å². The van der Waals surface area contributed by atoms with Crippen LogP contribution in [0.2, 0.25) is 0 Å². The van der Waals surface area contributed by atoms with E-state index in [9.17, 15) is 0 Å². The predicted molar refractivity (Wildman–Crippen MR) is 76.5 cm³/mol. The second-order valence-electron chi connectivity index (χ2n) is 5.17. The lowest BCUT2D eigenvalue weighted by Gasteiger charge is -2.25. The molecule has 2 heterocycles. The highest BCUT2D eigenvalue weighted by Crippen LogP contribution is 2.36. The maximum Gasteiger partial charge on any atom is 0.0598 e. The lowest BCUT2D eigenvalue weighted by atomic mass is 9.84. The average Bonchev–Trinajstić information content (AvgIpc) is 2.53. The van der Waals surface area contributed by atoms with Gasteiger partial charge in [-0.25, -0.2) is 0 Å². The number of halogens is 1. The SMILES string of the molecule is Cc1c(Br)c2ccccn2c1C(C)(C)CCN. The predicted octanol–water partition coefficient (Wildman–Crippen LogP) is 3.64. The van der Waals surface area contributed by atoms with Gasteiger partial charge >= 0.3 is 0 Å². The quantitative estimate of drug-likeness (QED) is 0.920. The third-order valence-electron chi connectivity index (χ3n) is 3.42. The van der Waals surface area contributed by atoms with Gasteiger partial charge in [0.15, 0.2) is 0 Å². The summed E-state index contributed by atoms with van der Waals surface area (Å²) in [4.78, 5) is 0. The first-order chi connectivity index (χ1) is 7.99.